The van der Waals surface area contributed by atoms with Crippen molar-refractivity contribution < 1.29 is 14.3 Å². The van der Waals surface area contributed by atoms with Gasteiger partial charge in [-0.25, -0.2) is 9.59 Å². The summed E-state index contributed by atoms with van der Waals surface area (Å²) in [7, 11) is 1.33. The van der Waals surface area contributed by atoms with Crippen molar-refractivity contribution >= 4 is 12.0 Å². The molecule has 1 N–H and O–H groups in total. The van der Waals surface area contributed by atoms with E-state index in [9.17, 15) is 9.59 Å². The maximum Gasteiger partial charge on any atom is 0.328 e. The minimum atomic E-state index is -0.751. The van der Waals surface area contributed by atoms with Crippen LogP contribution in [0.4, 0.5) is 4.79 Å². The Bertz CT molecular complexity index is 1040. The number of aromatic nitrogens is 3. The molecule has 0 saturated heterocycles. The van der Waals surface area contributed by atoms with Crippen molar-refractivity contribution in [2.45, 2.75) is 32.0 Å². The van der Waals surface area contributed by atoms with Crippen molar-refractivity contribution in [1.29, 1.82) is 0 Å². The van der Waals surface area contributed by atoms with Gasteiger partial charge < -0.3 is 15.0 Å². The molecule has 0 unspecified atom stereocenters. The lowest BCUT2D eigenvalue weighted by atomic mass is 10.1. The quantitative estimate of drug-likeness (QED) is 0.642. The number of methoxy groups -OCH3 is 1. The molecule has 1 atom stereocenters. The van der Waals surface area contributed by atoms with Crippen LogP contribution in [0.1, 0.15) is 17.7 Å². The number of amides is 2. The van der Waals surface area contributed by atoms with Crippen LogP contribution in [0.25, 0.3) is 11.3 Å². The van der Waals surface area contributed by atoms with Crippen LogP contribution in [0.15, 0.2) is 60.9 Å². The van der Waals surface area contributed by atoms with E-state index in [0.717, 1.165) is 35.5 Å². The molecule has 8 nitrogen and oxygen atoms in total. The average molecular weight is 419 g/mol. The van der Waals surface area contributed by atoms with E-state index >= 15 is 0 Å². The standard InChI is InChI=1S/C23H25N5O3/c1-31-22(29)21(13-17-7-3-2-4-8-17)25-23(30)27-11-6-12-28-19(16-27)14-20(26-28)18-9-5-10-24-15-18/h2-5,7-10,14-15,21H,6,11-13,16H2,1H3,(H,25,30)/t21-/m1/s1. The summed E-state index contributed by atoms with van der Waals surface area (Å²) in [6.07, 6.45) is 4.65. The zero-order chi connectivity index (χ0) is 21.6. The van der Waals surface area contributed by atoms with Gasteiger partial charge in [0.2, 0.25) is 0 Å². The Balaban J connectivity index is 1.48. The summed E-state index contributed by atoms with van der Waals surface area (Å²) in [5.41, 5.74) is 3.67. The van der Waals surface area contributed by atoms with Crippen molar-refractivity contribution in [1.82, 2.24) is 25.0 Å². The summed E-state index contributed by atoms with van der Waals surface area (Å²) in [4.78, 5) is 31.2. The maximum atomic E-state index is 13.0. The number of hydrogen-bond acceptors (Lipinski definition) is 5. The normalized spacial score (nSPS) is 14.3. The van der Waals surface area contributed by atoms with Crippen LogP contribution in [0.5, 0.6) is 0 Å². The molecule has 1 aliphatic rings. The first-order valence-corrected chi connectivity index (χ1v) is 10.3. The fourth-order valence-electron chi connectivity index (χ4n) is 3.72. The minimum Gasteiger partial charge on any atom is -0.467 e. The van der Waals surface area contributed by atoms with Gasteiger partial charge in [0.25, 0.3) is 0 Å². The molecule has 0 bridgehead atoms. The molecule has 0 aliphatic carbocycles. The number of pyridine rings is 1. The Morgan fingerprint density at radius 1 is 1.16 bits per heavy atom. The predicted octanol–water partition coefficient (Wildman–Crippen LogP) is 2.64. The van der Waals surface area contributed by atoms with Gasteiger partial charge in [-0.3, -0.25) is 9.67 Å². The van der Waals surface area contributed by atoms with E-state index in [4.69, 9.17) is 4.74 Å². The number of hydrogen-bond donors (Lipinski definition) is 1. The highest BCUT2D eigenvalue weighted by Gasteiger charge is 2.27. The van der Waals surface area contributed by atoms with Crippen molar-refractivity contribution in [3.8, 4) is 11.3 Å². The topological polar surface area (TPSA) is 89.4 Å². The van der Waals surface area contributed by atoms with Gasteiger partial charge in [-0.05, 0) is 30.2 Å². The first-order chi connectivity index (χ1) is 15.1. The van der Waals surface area contributed by atoms with Gasteiger partial charge in [0.15, 0.2) is 0 Å². The molecule has 2 amide bonds. The van der Waals surface area contributed by atoms with Gasteiger partial charge in [0.05, 0.1) is 25.0 Å². The molecule has 160 valence electrons. The minimum absolute atomic E-state index is 0.288. The van der Waals surface area contributed by atoms with Crippen LogP contribution in [0, 0.1) is 0 Å². The molecule has 0 radical (unpaired) electrons. The first kappa shape index (κ1) is 20.6. The molecule has 3 aromatic rings. The number of carbonyl (C=O) groups is 2. The molecule has 0 saturated carbocycles. The van der Waals surface area contributed by atoms with Gasteiger partial charge in [0, 0.05) is 37.5 Å². The molecule has 0 spiro atoms. The van der Waals surface area contributed by atoms with Crippen molar-refractivity contribution in [2.75, 3.05) is 13.7 Å². The lowest BCUT2D eigenvalue weighted by Gasteiger charge is -2.24. The Morgan fingerprint density at radius 3 is 2.74 bits per heavy atom. The molecular weight excluding hydrogens is 394 g/mol. The monoisotopic (exact) mass is 419 g/mol. The fourth-order valence-corrected chi connectivity index (χ4v) is 3.72. The summed E-state index contributed by atoms with van der Waals surface area (Å²) in [5, 5.41) is 7.53. The SMILES string of the molecule is COC(=O)[C@@H](Cc1ccccc1)NC(=O)N1CCCn2nc(-c3cccnc3)cc2C1. The van der Waals surface area contributed by atoms with Crippen molar-refractivity contribution in [3.05, 3.63) is 72.2 Å². The van der Waals surface area contributed by atoms with Crippen LogP contribution in [-0.4, -0.2) is 51.4 Å². The Hall–Kier alpha value is -3.68. The molecule has 0 fully saturated rings. The molecule has 8 heteroatoms. The maximum absolute atomic E-state index is 13.0. The molecule has 2 aromatic heterocycles. The van der Waals surface area contributed by atoms with E-state index in [1.165, 1.54) is 7.11 Å². The molecule has 3 heterocycles. The third-order valence-corrected chi connectivity index (χ3v) is 5.32. The fraction of sp³-hybridized carbons (Fsp3) is 0.304. The Morgan fingerprint density at radius 2 is 2.00 bits per heavy atom. The first-order valence-electron chi connectivity index (χ1n) is 10.3. The van der Waals surface area contributed by atoms with Crippen LogP contribution in [0.2, 0.25) is 0 Å². The highest BCUT2D eigenvalue weighted by Crippen LogP contribution is 2.21. The largest absolute Gasteiger partial charge is 0.467 e. The predicted molar refractivity (Wildman–Crippen MR) is 115 cm³/mol. The van der Waals surface area contributed by atoms with E-state index in [-0.39, 0.29) is 6.03 Å². The number of fused-ring (bicyclic) bond motifs is 1. The van der Waals surface area contributed by atoms with Gasteiger partial charge in [-0.2, -0.15) is 5.10 Å². The zero-order valence-corrected chi connectivity index (χ0v) is 17.4. The second kappa shape index (κ2) is 9.42. The summed E-state index contributed by atoms with van der Waals surface area (Å²) < 4.78 is 6.86. The van der Waals surface area contributed by atoms with Crippen molar-refractivity contribution in [3.63, 3.8) is 0 Å². The van der Waals surface area contributed by atoms with E-state index in [1.54, 1.807) is 17.3 Å². The second-order valence-electron chi connectivity index (χ2n) is 7.48. The van der Waals surface area contributed by atoms with E-state index in [2.05, 4.69) is 15.4 Å². The highest BCUT2D eigenvalue weighted by atomic mass is 16.5. The lowest BCUT2D eigenvalue weighted by Crippen LogP contribution is -2.49. The summed E-state index contributed by atoms with van der Waals surface area (Å²) in [5.74, 6) is -0.462. The molecule has 31 heavy (non-hydrogen) atoms. The Kier molecular flexibility index (Phi) is 6.26. The van der Waals surface area contributed by atoms with Crippen LogP contribution >= 0.6 is 0 Å². The summed E-state index contributed by atoms with van der Waals surface area (Å²) in [6, 6.07) is 14.4. The number of nitrogens with one attached hydrogen (secondary N) is 1. The number of ether oxygens (including phenoxy) is 1. The van der Waals surface area contributed by atoms with Gasteiger partial charge in [-0.15, -0.1) is 0 Å². The van der Waals surface area contributed by atoms with Gasteiger partial charge in [-0.1, -0.05) is 30.3 Å². The van der Waals surface area contributed by atoms with Gasteiger partial charge in [0.1, 0.15) is 6.04 Å². The molecular formula is C23H25N5O3. The number of benzene rings is 1. The molecule has 4 rings (SSSR count). The number of nitrogens with zero attached hydrogens (tertiary/aromatic N) is 4. The molecule has 1 aliphatic heterocycles. The Labute approximate surface area is 180 Å². The number of carbonyl (C=O) groups excluding carboxylic acids is 2. The smallest absolute Gasteiger partial charge is 0.328 e. The number of aryl methyl sites for hydroxylation is 1. The third kappa shape index (κ3) is 4.91. The second-order valence-corrected chi connectivity index (χ2v) is 7.48. The van der Waals surface area contributed by atoms with Crippen LogP contribution < -0.4 is 5.32 Å². The average Bonchev–Trinajstić information content (AvgIpc) is 3.10. The highest BCUT2D eigenvalue weighted by molar-refractivity contribution is 5.83. The number of rotatable bonds is 5. The van der Waals surface area contributed by atoms with E-state index in [0.29, 0.717) is 19.5 Å². The number of esters is 1. The van der Waals surface area contributed by atoms with Gasteiger partial charge >= 0.3 is 12.0 Å². The van der Waals surface area contributed by atoms with Crippen molar-refractivity contribution in [2.24, 2.45) is 0 Å². The van der Waals surface area contributed by atoms with Crippen LogP contribution in [0.3, 0.4) is 0 Å². The van der Waals surface area contributed by atoms with Crippen LogP contribution in [-0.2, 0) is 29.0 Å². The van der Waals surface area contributed by atoms with E-state index < -0.39 is 12.0 Å². The third-order valence-electron chi connectivity index (χ3n) is 5.32. The summed E-state index contributed by atoms with van der Waals surface area (Å²) >= 11 is 0. The summed E-state index contributed by atoms with van der Waals surface area (Å²) in [6.45, 7) is 1.72. The zero-order valence-electron chi connectivity index (χ0n) is 17.4. The molecule has 1 aromatic carbocycles. The van der Waals surface area contributed by atoms with E-state index in [1.807, 2.05) is 53.2 Å². The lowest BCUT2D eigenvalue weighted by molar-refractivity contribution is -0.142. The number of urea groups is 1.